The van der Waals surface area contributed by atoms with E-state index in [4.69, 9.17) is 4.74 Å². The molecular weight excluding hydrogens is 366 g/mol. The van der Waals surface area contributed by atoms with Crippen LogP contribution in [0.1, 0.15) is 71.8 Å². The molecule has 1 aliphatic rings. The molecule has 7 heteroatoms. The summed E-state index contributed by atoms with van der Waals surface area (Å²) in [6.45, 7) is 8.87. The molecule has 0 spiro atoms. The molecule has 0 bridgehead atoms. The molecule has 2 rings (SSSR count). The van der Waals surface area contributed by atoms with E-state index in [1.165, 1.54) is 39.0 Å². The zero-order valence-corrected chi connectivity index (χ0v) is 18.3. The van der Waals surface area contributed by atoms with Gasteiger partial charge in [0.2, 0.25) is 0 Å². The summed E-state index contributed by atoms with van der Waals surface area (Å²) >= 11 is 0. The third kappa shape index (κ3) is 8.41. The highest BCUT2D eigenvalue weighted by molar-refractivity contribution is 5.82. The first-order chi connectivity index (χ1) is 13.8. The van der Waals surface area contributed by atoms with E-state index in [1.807, 2.05) is 44.2 Å². The van der Waals surface area contributed by atoms with Gasteiger partial charge in [0.05, 0.1) is 0 Å². The monoisotopic (exact) mass is 403 g/mol. The Balaban J connectivity index is 1.98. The number of nitrogens with one attached hydrogen (secondary N) is 4. The zero-order valence-electron chi connectivity index (χ0n) is 18.3. The topological polar surface area (TPSA) is 86.8 Å². The highest BCUT2D eigenvalue weighted by atomic mass is 16.6. The van der Waals surface area contributed by atoms with Crippen molar-refractivity contribution in [3.63, 3.8) is 0 Å². The van der Waals surface area contributed by atoms with Gasteiger partial charge in [0.25, 0.3) is 0 Å². The third-order valence-corrected chi connectivity index (χ3v) is 4.67. The summed E-state index contributed by atoms with van der Waals surface area (Å²) in [6.07, 6.45) is 7.40. The maximum absolute atomic E-state index is 11.8. The number of benzene rings is 1. The van der Waals surface area contributed by atoms with E-state index in [0.717, 1.165) is 18.5 Å². The summed E-state index contributed by atoms with van der Waals surface area (Å²) in [7, 11) is 0. The van der Waals surface area contributed by atoms with Gasteiger partial charge in [0.1, 0.15) is 5.66 Å². The summed E-state index contributed by atoms with van der Waals surface area (Å²) in [6, 6.07) is 9.98. The van der Waals surface area contributed by atoms with Crippen LogP contribution < -0.4 is 21.3 Å². The number of rotatable bonds is 11. The van der Waals surface area contributed by atoms with Gasteiger partial charge in [-0.05, 0) is 25.8 Å². The number of guanidine groups is 1. The second-order valence-corrected chi connectivity index (χ2v) is 8.08. The molecule has 29 heavy (non-hydrogen) atoms. The van der Waals surface area contributed by atoms with Crippen LogP contribution in [0.4, 0.5) is 0 Å². The largest absolute Gasteiger partial charge is 0.411 e. The number of ether oxygens (including phenoxy) is 1. The summed E-state index contributed by atoms with van der Waals surface area (Å²) in [5, 5.41) is 13.1. The van der Waals surface area contributed by atoms with Crippen molar-refractivity contribution >= 4 is 11.9 Å². The first kappa shape index (κ1) is 23.2. The Morgan fingerprint density at radius 3 is 2.48 bits per heavy atom. The lowest BCUT2D eigenvalue weighted by Gasteiger charge is -2.44. The van der Waals surface area contributed by atoms with Crippen LogP contribution in [0.2, 0.25) is 0 Å². The normalized spacial score (nSPS) is 20.5. The van der Waals surface area contributed by atoms with Crippen LogP contribution >= 0.6 is 0 Å². The van der Waals surface area contributed by atoms with Crippen molar-refractivity contribution < 1.29 is 9.53 Å². The molecule has 0 fully saturated rings. The van der Waals surface area contributed by atoms with Gasteiger partial charge >= 0.3 is 11.9 Å². The van der Waals surface area contributed by atoms with E-state index in [9.17, 15) is 4.79 Å². The molecule has 0 amide bonds. The second-order valence-electron chi connectivity index (χ2n) is 8.08. The van der Waals surface area contributed by atoms with Crippen LogP contribution in [0.5, 0.6) is 0 Å². The number of nitrogens with zero attached hydrogens (tertiary/aromatic N) is 1. The molecule has 1 aromatic carbocycles. The number of esters is 1. The molecule has 0 aromatic heterocycles. The average molecular weight is 404 g/mol. The average Bonchev–Trinajstić information content (AvgIpc) is 2.65. The lowest BCUT2D eigenvalue weighted by molar-refractivity contribution is -0.174. The molecule has 0 radical (unpaired) electrons. The zero-order chi connectivity index (χ0) is 21.2. The lowest BCUT2D eigenvalue weighted by atomic mass is 10.1. The van der Waals surface area contributed by atoms with Gasteiger partial charge in [-0.15, -0.1) is 0 Å². The van der Waals surface area contributed by atoms with Gasteiger partial charge in [0, 0.05) is 20.0 Å². The predicted octanol–water partition coefficient (Wildman–Crippen LogP) is 3.19. The first-order valence-electron chi connectivity index (χ1n) is 10.7. The highest BCUT2D eigenvalue weighted by Crippen LogP contribution is 2.17. The van der Waals surface area contributed by atoms with Gasteiger partial charge < -0.3 is 10.1 Å². The van der Waals surface area contributed by atoms with Crippen molar-refractivity contribution in [2.45, 2.75) is 84.4 Å². The van der Waals surface area contributed by atoms with Crippen molar-refractivity contribution in [3.05, 3.63) is 35.9 Å². The van der Waals surface area contributed by atoms with Crippen molar-refractivity contribution in [1.82, 2.24) is 21.3 Å². The Hall–Kier alpha value is -2.12. The van der Waals surface area contributed by atoms with E-state index in [1.54, 1.807) is 0 Å². The Labute approximate surface area is 175 Å². The molecule has 0 saturated carbocycles. The van der Waals surface area contributed by atoms with E-state index >= 15 is 0 Å². The van der Waals surface area contributed by atoms with E-state index < -0.39 is 17.6 Å². The predicted molar refractivity (Wildman–Crippen MR) is 117 cm³/mol. The van der Waals surface area contributed by atoms with Gasteiger partial charge in [-0.1, -0.05) is 69.4 Å². The molecule has 1 aromatic rings. The fourth-order valence-corrected chi connectivity index (χ4v) is 3.37. The van der Waals surface area contributed by atoms with E-state index in [0.29, 0.717) is 12.5 Å². The minimum atomic E-state index is -1.24. The number of hydrogen-bond donors (Lipinski definition) is 4. The minimum absolute atomic E-state index is 0.390. The van der Waals surface area contributed by atoms with Crippen molar-refractivity contribution in [1.29, 1.82) is 0 Å². The summed E-state index contributed by atoms with van der Waals surface area (Å²) < 4.78 is 5.65. The fraction of sp³-hybridized carbons (Fsp3) is 0.636. The Morgan fingerprint density at radius 1 is 1.10 bits per heavy atom. The quantitative estimate of drug-likeness (QED) is 0.258. The third-order valence-electron chi connectivity index (χ3n) is 4.67. The molecule has 1 aliphatic heterocycles. The Bertz CT molecular complexity index is 662. The van der Waals surface area contributed by atoms with Crippen LogP contribution in [0.25, 0.3) is 0 Å². The number of aliphatic imine (C=N–C) groups is 1. The van der Waals surface area contributed by atoms with Crippen LogP contribution in [0.15, 0.2) is 35.3 Å². The minimum Gasteiger partial charge on any atom is -0.411 e. The number of carbonyl (C=O) groups excluding carboxylic acids is 1. The van der Waals surface area contributed by atoms with E-state index in [-0.39, 0.29) is 0 Å². The highest BCUT2D eigenvalue weighted by Gasteiger charge is 2.43. The SMILES string of the molecule is CCCCCCCCNC1=NC(C)(C)NC(NCc2ccccc2)(OC(C)=O)N1. The molecule has 7 nitrogen and oxygen atoms in total. The molecule has 162 valence electrons. The summed E-state index contributed by atoms with van der Waals surface area (Å²) in [5.41, 5.74) is 0.470. The molecule has 1 heterocycles. The maximum Gasteiger partial charge on any atom is 0.308 e. The van der Waals surface area contributed by atoms with Crippen molar-refractivity contribution in [3.8, 4) is 0 Å². The maximum atomic E-state index is 11.8. The summed E-state index contributed by atoms with van der Waals surface area (Å²) in [5.74, 6) is -1.02. The number of carbonyl (C=O) groups is 1. The molecular formula is C22H37N5O2. The standard InChI is InChI=1S/C22H37N5O2/c1-5-6-7-8-9-13-16-23-20-25-21(3,4)27-22(26-20,29-18(2)28)24-17-19-14-11-10-12-15-19/h10-12,14-15,24,27H,5-9,13,16-17H2,1-4H3,(H2,23,25,26). The Kier molecular flexibility index (Phi) is 8.92. The second kappa shape index (κ2) is 11.2. The van der Waals surface area contributed by atoms with Gasteiger partial charge in [-0.2, -0.15) is 0 Å². The van der Waals surface area contributed by atoms with Crippen LogP contribution in [-0.2, 0) is 16.1 Å². The fourth-order valence-electron chi connectivity index (χ4n) is 3.37. The van der Waals surface area contributed by atoms with Crippen LogP contribution in [0, 0.1) is 0 Å². The molecule has 4 N–H and O–H groups in total. The van der Waals surface area contributed by atoms with Gasteiger partial charge in [-0.3, -0.25) is 10.1 Å². The summed E-state index contributed by atoms with van der Waals surface area (Å²) in [4.78, 5) is 16.5. The van der Waals surface area contributed by atoms with Crippen LogP contribution in [-0.4, -0.2) is 30.1 Å². The van der Waals surface area contributed by atoms with Crippen molar-refractivity contribution in [2.24, 2.45) is 4.99 Å². The lowest BCUT2D eigenvalue weighted by Crippen LogP contribution is -2.77. The number of unbranched alkanes of at least 4 members (excludes halogenated alkanes) is 5. The van der Waals surface area contributed by atoms with Crippen LogP contribution in [0.3, 0.4) is 0 Å². The Morgan fingerprint density at radius 2 is 1.79 bits per heavy atom. The smallest absolute Gasteiger partial charge is 0.308 e. The molecule has 1 unspecified atom stereocenters. The van der Waals surface area contributed by atoms with Crippen molar-refractivity contribution in [2.75, 3.05) is 6.54 Å². The molecule has 1 atom stereocenters. The molecule has 0 aliphatic carbocycles. The van der Waals surface area contributed by atoms with Gasteiger partial charge in [-0.25, -0.2) is 15.6 Å². The number of hydrogen-bond acceptors (Lipinski definition) is 7. The van der Waals surface area contributed by atoms with Gasteiger partial charge in [0.15, 0.2) is 5.96 Å². The van der Waals surface area contributed by atoms with E-state index in [2.05, 4.69) is 33.2 Å². The first-order valence-corrected chi connectivity index (χ1v) is 10.7. The molecule has 0 saturated heterocycles.